The third kappa shape index (κ3) is 4.06. The van der Waals surface area contributed by atoms with Gasteiger partial charge in [-0.2, -0.15) is 0 Å². The first-order valence-electron chi connectivity index (χ1n) is 7.90. The van der Waals surface area contributed by atoms with E-state index in [0.29, 0.717) is 12.8 Å². The summed E-state index contributed by atoms with van der Waals surface area (Å²) in [4.78, 5) is 33.4. The van der Waals surface area contributed by atoms with Gasteiger partial charge in [0.1, 0.15) is 12.4 Å². The van der Waals surface area contributed by atoms with E-state index in [4.69, 9.17) is 9.47 Å². The van der Waals surface area contributed by atoms with Gasteiger partial charge < -0.3 is 19.0 Å². The highest BCUT2D eigenvalue weighted by Crippen LogP contribution is 2.44. The lowest BCUT2D eigenvalue weighted by molar-refractivity contribution is -0.149. The van der Waals surface area contributed by atoms with Crippen LogP contribution in [0.4, 0.5) is 0 Å². The van der Waals surface area contributed by atoms with Crippen LogP contribution >= 0.6 is 0 Å². The molecule has 0 unspecified atom stereocenters. The molecule has 1 saturated carbocycles. The van der Waals surface area contributed by atoms with E-state index in [-0.39, 0.29) is 42.1 Å². The van der Waals surface area contributed by atoms with Crippen molar-refractivity contribution in [3.8, 4) is 0 Å². The number of fused-ring (bicyclic) bond motifs is 1. The number of carbonyl (C=O) groups is 3. The number of methoxy groups -OCH3 is 1. The quantitative estimate of drug-likeness (QED) is 0.404. The third-order valence-electron chi connectivity index (χ3n) is 4.63. The second-order valence-electron chi connectivity index (χ2n) is 6.12. The van der Waals surface area contributed by atoms with Crippen molar-refractivity contribution < 1.29 is 28.6 Å². The molecule has 0 radical (unpaired) electrons. The van der Waals surface area contributed by atoms with Crippen LogP contribution in [-0.4, -0.2) is 43.6 Å². The fraction of sp³-hybridized carbons (Fsp3) is 0.812. The molecule has 1 aliphatic heterocycles. The first-order valence-corrected chi connectivity index (χ1v) is 7.90. The monoisotopic (exact) mass is 312 g/mol. The summed E-state index contributed by atoms with van der Waals surface area (Å²) in [5.41, 5.74) is 0. The molecule has 0 aromatic rings. The summed E-state index contributed by atoms with van der Waals surface area (Å²) in [5.74, 6) is -0.646. The van der Waals surface area contributed by atoms with E-state index in [0.717, 1.165) is 32.0 Å². The summed E-state index contributed by atoms with van der Waals surface area (Å²) in [6.45, 7) is 1.36. The number of hydrogen-bond acceptors (Lipinski definition) is 6. The average Bonchev–Trinajstić information content (AvgIpc) is 2.99. The van der Waals surface area contributed by atoms with E-state index in [9.17, 15) is 14.4 Å². The third-order valence-corrected chi connectivity index (χ3v) is 4.63. The van der Waals surface area contributed by atoms with E-state index >= 15 is 0 Å². The van der Waals surface area contributed by atoms with Crippen LogP contribution < -0.4 is 0 Å². The topological polar surface area (TPSA) is 78.9 Å². The van der Waals surface area contributed by atoms with Crippen LogP contribution in [-0.2, 0) is 28.6 Å². The minimum Gasteiger partial charge on any atom is -0.469 e. The SMILES string of the molecule is COC(=O)CCCC[C@@H]1C[C@@H]2[C@@H](C=O)[C@H](OC(C)=O)C[C@@H]2O1. The van der Waals surface area contributed by atoms with Crippen molar-refractivity contribution in [2.75, 3.05) is 7.11 Å². The minimum absolute atomic E-state index is 0.00478. The van der Waals surface area contributed by atoms with Gasteiger partial charge in [-0.05, 0) is 19.3 Å². The summed E-state index contributed by atoms with van der Waals surface area (Å²) in [5, 5.41) is 0. The fourth-order valence-electron chi connectivity index (χ4n) is 3.61. The molecular weight excluding hydrogens is 288 g/mol. The van der Waals surface area contributed by atoms with Crippen molar-refractivity contribution in [1.29, 1.82) is 0 Å². The normalized spacial score (nSPS) is 33.3. The van der Waals surface area contributed by atoms with E-state index < -0.39 is 0 Å². The molecule has 1 heterocycles. The molecule has 2 fully saturated rings. The lowest BCUT2D eigenvalue weighted by Crippen LogP contribution is -2.26. The Kier molecular flexibility index (Phi) is 5.94. The molecule has 6 heteroatoms. The maximum absolute atomic E-state index is 11.3. The summed E-state index contributed by atoms with van der Waals surface area (Å²) in [7, 11) is 1.39. The number of esters is 2. The first-order chi connectivity index (χ1) is 10.5. The number of rotatable bonds is 7. The van der Waals surface area contributed by atoms with Gasteiger partial charge in [-0.3, -0.25) is 9.59 Å². The smallest absolute Gasteiger partial charge is 0.305 e. The van der Waals surface area contributed by atoms with Crippen LogP contribution in [0.3, 0.4) is 0 Å². The summed E-state index contributed by atoms with van der Waals surface area (Å²) in [6.07, 6.45) is 5.13. The summed E-state index contributed by atoms with van der Waals surface area (Å²) < 4.78 is 15.8. The van der Waals surface area contributed by atoms with E-state index in [1.54, 1.807) is 0 Å². The second kappa shape index (κ2) is 7.72. The van der Waals surface area contributed by atoms with Crippen molar-refractivity contribution in [1.82, 2.24) is 0 Å². The van der Waals surface area contributed by atoms with E-state index in [1.807, 2.05) is 0 Å². The fourth-order valence-corrected chi connectivity index (χ4v) is 3.61. The minimum atomic E-state index is -0.351. The van der Waals surface area contributed by atoms with Gasteiger partial charge in [0, 0.05) is 25.7 Å². The van der Waals surface area contributed by atoms with Gasteiger partial charge in [-0.1, -0.05) is 6.42 Å². The van der Waals surface area contributed by atoms with Gasteiger partial charge in [0.25, 0.3) is 0 Å². The Balaban J connectivity index is 1.75. The van der Waals surface area contributed by atoms with Crippen LogP contribution in [0.25, 0.3) is 0 Å². The van der Waals surface area contributed by atoms with Gasteiger partial charge in [-0.15, -0.1) is 0 Å². The van der Waals surface area contributed by atoms with Gasteiger partial charge in [0.05, 0.1) is 25.2 Å². The predicted octanol–water partition coefficient (Wildman–Crippen LogP) is 1.64. The maximum Gasteiger partial charge on any atom is 0.305 e. The Morgan fingerprint density at radius 3 is 2.68 bits per heavy atom. The Morgan fingerprint density at radius 2 is 2.05 bits per heavy atom. The zero-order chi connectivity index (χ0) is 16.1. The first kappa shape index (κ1) is 16.9. The Bertz CT molecular complexity index is 421. The molecule has 0 N–H and O–H groups in total. The standard InChI is InChI=1S/C16H24O6/c1-10(18)21-15-8-14-12(13(15)9-17)7-11(22-14)5-3-4-6-16(19)20-2/h9,11-15H,3-8H2,1-2H3/t11-,12-,13-,14+,15-/m1/s1. The lowest BCUT2D eigenvalue weighted by atomic mass is 9.90. The number of hydrogen-bond donors (Lipinski definition) is 0. The second-order valence-corrected chi connectivity index (χ2v) is 6.12. The highest BCUT2D eigenvalue weighted by atomic mass is 16.6. The van der Waals surface area contributed by atoms with Crippen LogP contribution in [0.1, 0.15) is 45.4 Å². The molecule has 0 aromatic carbocycles. The Hall–Kier alpha value is -1.43. The molecular formula is C16H24O6. The molecule has 0 amide bonds. The number of ether oxygens (including phenoxy) is 3. The van der Waals surface area contributed by atoms with E-state index in [1.165, 1.54) is 14.0 Å². The zero-order valence-electron chi connectivity index (χ0n) is 13.2. The number of aldehydes is 1. The van der Waals surface area contributed by atoms with Crippen molar-refractivity contribution in [2.24, 2.45) is 11.8 Å². The molecule has 22 heavy (non-hydrogen) atoms. The van der Waals surface area contributed by atoms with E-state index in [2.05, 4.69) is 4.74 Å². The number of unbranched alkanes of at least 4 members (excludes halogenated alkanes) is 1. The van der Waals surface area contributed by atoms with Crippen LogP contribution in [0, 0.1) is 11.8 Å². The van der Waals surface area contributed by atoms with Crippen molar-refractivity contribution in [3.05, 3.63) is 0 Å². The molecule has 6 nitrogen and oxygen atoms in total. The van der Waals surface area contributed by atoms with Gasteiger partial charge >= 0.3 is 11.9 Å². The maximum atomic E-state index is 11.3. The summed E-state index contributed by atoms with van der Waals surface area (Å²) >= 11 is 0. The lowest BCUT2D eigenvalue weighted by Gasteiger charge is -2.19. The van der Waals surface area contributed by atoms with Crippen molar-refractivity contribution in [3.63, 3.8) is 0 Å². The van der Waals surface area contributed by atoms with Gasteiger partial charge in [0.2, 0.25) is 0 Å². The largest absolute Gasteiger partial charge is 0.469 e. The molecule has 0 spiro atoms. The van der Waals surface area contributed by atoms with Gasteiger partial charge in [0.15, 0.2) is 0 Å². The summed E-state index contributed by atoms with van der Waals surface area (Å²) in [6, 6.07) is 0. The molecule has 5 atom stereocenters. The molecule has 124 valence electrons. The van der Waals surface area contributed by atoms with Crippen LogP contribution in [0.15, 0.2) is 0 Å². The van der Waals surface area contributed by atoms with Gasteiger partial charge in [-0.25, -0.2) is 0 Å². The average molecular weight is 312 g/mol. The molecule has 0 aromatic heterocycles. The highest BCUT2D eigenvalue weighted by Gasteiger charge is 2.50. The number of carbonyl (C=O) groups excluding carboxylic acids is 3. The molecule has 0 bridgehead atoms. The molecule has 1 aliphatic carbocycles. The molecule has 1 saturated heterocycles. The van der Waals surface area contributed by atoms with Crippen LogP contribution in [0.5, 0.6) is 0 Å². The predicted molar refractivity (Wildman–Crippen MR) is 77.0 cm³/mol. The Labute approximate surface area is 130 Å². The Morgan fingerprint density at radius 1 is 1.27 bits per heavy atom. The zero-order valence-corrected chi connectivity index (χ0v) is 13.2. The van der Waals surface area contributed by atoms with Crippen LogP contribution in [0.2, 0.25) is 0 Å². The van der Waals surface area contributed by atoms with Crippen molar-refractivity contribution >= 4 is 18.2 Å². The molecule has 2 aliphatic rings. The van der Waals surface area contributed by atoms with Crippen molar-refractivity contribution in [2.45, 2.75) is 63.8 Å². The highest BCUT2D eigenvalue weighted by molar-refractivity contribution is 5.69. The molecule has 2 rings (SSSR count).